The van der Waals surface area contributed by atoms with Crippen LogP contribution in [0.1, 0.15) is 26.7 Å². The summed E-state index contributed by atoms with van der Waals surface area (Å²) in [7, 11) is 0. The molecular formula is C11H18N2O3. The van der Waals surface area contributed by atoms with E-state index in [1.54, 1.807) is 0 Å². The van der Waals surface area contributed by atoms with Gasteiger partial charge in [-0.1, -0.05) is 13.8 Å². The summed E-state index contributed by atoms with van der Waals surface area (Å²) in [5.74, 6) is -0.000836. The predicted molar refractivity (Wildman–Crippen MR) is 61.3 cm³/mol. The van der Waals surface area contributed by atoms with Crippen molar-refractivity contribution in [3.05, 3.63) is 11.3 Å². The van der Waals surface area contributed by atoms with Crippen LogP contribution in [0.15, 0.2) is 16.4 Å². The van der Waals surface area contributed by atoms with Crippen LogP contribution in [-0.2, 0) is 4.79 Å². The van der Waals surface area contributed by atoms with Crippen LogP contribution in [0.25, 0.3) is 0 Å². The van der Waals surface area contributed by atoms with Crippen LogP contribution in [0.5, 0.6) is 0 Å². The number of carbonyl (C=O) groups excluding carboxylic acids is 1. The van der Waals surface area contributed by atoms with Gasteiger partial charge in [-0.3, -0.25) is 4.79 Å². The van der Waals surface area contributed by atoms with Gasteiger partial charge in [0.15, 0.2) is 5.78 Å². The Kier molecular flexibility index (Phi) is 4.06. The van der Waals surface area contributed by atoms with Crippen molar-refractivity contribution in [2.45, 2.75) is 26.7 Å². The van der Waals surface area contributed by atoms with Crippen molar-refractivity contribution in [3.63, 3.8) is 0 Å². The van der Waals surface area contributed by atoms with E-state index in [2.05, 4.69) is 10.5 Å². The van der Waals surface area contributed by atoms with E-state index >= 15 is 0 Å². The maximum atomic E-state index is 11.7. The zero-order valence-electron chi connectivity index (χ0n) is 9.66. The maximum Gasteiger partial charge on any atom is 0.168 e. The van der Waals surface area contributed by atoms with Crippen LogP contribution in [-0.4, -0.2) is 35.4 Å². The SMILES string of the molecule is CC1(C)CC(=O)C(C=NNCCO)=C(O)C1. The lowest BCUT2D eigenvalue weighted by Gasteiger charge is -2.28. The number of nitrogens with one attached hydrogen (secondary N) is 1. The molecule has 5 nitrogen and oxygen atoms in total. The molecule has 1 aliphatic carbocycles. The van der Waals surface area contributed by atoms with E-state index in [0.717, 1.165) is 0 Å². The number of allylic oxidation sites excluding steroid dienone is 2. The molecule has 0 fully saturated rings. The molecule has 0 aromatic rings. The summed E-state index contributed by atoms with van der Waals surface area (Å²) < 4.78 is 0. The summed E-state index contributed by atoms with van der Waals surface area (Å²) in [5, 5.41) is 22.0. The summed E-state index contributed by atoms with van der Waals surface area (Å²) in [6.45, 7) is 4.19. The van der Waals surface area contributed by atoms with Gasteiger partial charge in [-0.2, -0.15) is 5.10 Å². The molecule has 0 saturated heterocycles. The van der Waals surface area contributed by atoms with Gasteiger partial charge in [0, 0.05) is 12.8 Å². The van der Waals surface area contributed by atoms with Crippen LogP contribution in [0.4, 0.5) is 0 Å². The van der Waals surface area contributed by atoms with E-state index in [4.69, 9.17) is 5.11 Å². The van der Waals surface area contributed by atoms with Crippen LogP contribution < -0.4 is 5.43 Å². The first-order chi connectivity index (χ1) is 7.46. The fourth-order valence-corrected chi connectivity index (χ4v) is 1.67. The third-order valence-electron chi connectivity index (χ3n) is 2.40. The first-order valence-electron chi connectivity index (χ1n) is 5.28. The number of carbonyl (C=O) groups is 1. The highest BCUT2D eigenvalue weighted by Gasteiger charge is 2.32. The standard InChI is InChI=1S/C11H18N2O3/c1-11(2)5-9(15)8(10(16)6-11)7-13-12-3-4-14/h7,12,14-15H,3-6H2,1-2H3. The van der Waals surface area contributed by atoms with E-state index in [1.807, 2.05) is 13.8 Å². The van der Waals surface area contributed by atoms with E-state index in [-0.39, 0.29) is 29.1 Å². The molecule has 16 heavy (non-hydrogen) atoms. The average molecular weight is 226 g/mol. The fraction of sp³-hybridized carbons (Fsp3) is 0.636. The van der Waals surface area contributed by atoms with Crippen molar-refractivity contribution in [1.82, 2.24) is 5.43 Å². The summed E-state index contributed by atoms with van der Waals surface area (Å²) in [5.41, 5.74) is 2.65. The van der Waals surface area contributed by atoms with Crippen LogP contribution in [0.3, 0.4) is 0 Å². The van der Waals surface area contributed by atoms with Gasteiger partial charge in [-0.25, -0.2) is 0 Å². The second-order valence-electron chi connectivity index (χ2n) is 4.69. The molecule has 0 radical (unpaired) electrons. The number of ketones is 1. The lowest BCUT2D eigenvalue weighted by molar-refractivity contribution is -0.117. The molecule has 0 heterocycles. The predicted octanol–water partition coefficient (Wildman–Crippen LogP) is 0.755. The monoisotopic (exact) mass is 226 g/mol. The molecule has 0 bridgehead atoms. The van der Waals surface area contributed by atoms with Gasteiger partial charge < -0.3 is 15.6 Å². The van der Waals surface area contributed by atoms with Crippen molar-refractivity contribution < 1.29 is 15.0 Å². The Hall–Kier alpha value is -1.36. The van der Waals surface area contributed by atoms with Crippen molar-refractivity contribution >= 4 is 12.0 Å². The van der Waals surface area contributed by atoms with Gasteiger partial charge in [0.05, 0.1) is 24.9 Å². The number of aliphatic hydroxyl groups excluding tert-OH is 2. The second kappa shape index (κ2) is 5.12. The minimum Gasteiger partial charge on any atom is -0.511 e. The number of rotatable bonds is 4. The highest BCUT2D eigenvalue weighted by molar-refractivity contribution is 6.14. The van der Waals surface area contributed by atoms with Gasteiger partial charge >= 0.3 is 0 Å². The Morgan fingerprint density at radius 3 is 2.75 bits per heavy atom. The first kappa shape index (κ1) is 12.7. The van der Waals surface area contributed by atoms with E-state index < -0.39 is 0 Å². The van der Waals surface area contributed by atoms with E-state index in [1.165, 1.54) is 6.21 Å². The van der Waals surface area contributed by atoms with Gasteiger partial charge in [0.25, 0.3) is 0 Å². The smallest absolute Gasteiger partial charge is 0.168 e. The third-order valence-corrected chi connectivity index (χ3v) is 2.40. The Morgan fingerprint density at radius 2 is 2.19 bits per heavy atom. The minimum atomic E-state index is -0.183. The topological polar surface area (TPSA) is 81.9 Å². The lowest BCUT2D eigenvalue weighted by Crippen LogP contribution is -2.26. The van der Waals surface area contributed by atoms with Gasteiger partial charge in [0.2, 0.25) is 0 Å². The van der Waals surface area contributed by atoms with E-state index in [9.17, 15) is 9.90 Å². The Labute approximate surface area is 94.9 Å². The summed E-state index contributed by atoms with van der Waals surface area (Å²) in [6.07, 6.45) is 2.22. The van der Waals surface area contributed by atoms with Crippen LogP contribution >= 0.6 is 0 Å². The fourth-order valence-electron chi connectivity index (χ4n) is 1.67. The minimum absolute atomic E-state index is 0.0245. The Balaban J connectivity index is 2.71. The average Bonchev–Trinajstić information content (AvgIpc) is 2.13. The van der Waals surface area contributed by atoms with Crippen LogP contribution in [0, 0.1) is 5.41 Å². The summed E-state index contributed by atoms with van der Waals surface area (Å²) in [4.78, 5) is 11.7. The van der Waals surface area contributed by atoms with Crippen molar-refractivity contribution in [1.29, 1.82) is 0 Å². The molecule has 90 valence electrons. The number of hydrogen-bond acceptors (Lipinski definition) is 5. The van der Waals surface area contributed by atoms with Crippen molar-refractivity contribution in [2.24, 2.45) is 10.5 Å². The number of aliphatic hydroxyl groups is 2. The van der Waals surface area contributed by atoms with Gasteiger partial charge in [-0.15, -0.1) is 0 Å². The first-order valence-corrected chi connectivity index (χ1v) is 5.28. The molecule has 3 N–H and O–H groups in total. The largest absolute Gasteiger partial charge is 0.511 e. The second-order valence-corrected chi connectivity index (χ2v) is 4.69. The highest BCUT2D eigenvalue weighted by Crippen LogP contribution is 2.34. The van der Waals surface area contributed by atoms with Crippen molar-refractivity contribution in [3.8, 4) is 0 Å². The Bertz CT molecular complexity index is 332. The lowest BCUT2D eigenvalue weighted by atomic mass is 9.77. The van der Waals surface area contributed by atoms with E-state index in [0.29, 0.717) is 19.4 Å². The normalized spacial score (nSPS) is 20.6. The number of nitrogens with zero attached hydrogens (tertiary/aromatic N) is 1. The summed E-state index contributed by atoms with van der Waals surface area (Å²) in [6, 6.07) is 0. The quantitative estimate of drug-likeness (QED) is 0.375. The third kappa shape index (κ3) is 3.34. The molecule has 1 aliphatic rings. The zero-order valence-corrected chi connectivity index (χ0v) is 9.66. The number of hydrazone groups is 1. The molecule has 5 heteroatoms. The number of hydrogen-bond donors (Lipinski definition) is 3. The summed E-state index contributed by atoms with van der Waals surface area (Å²) >= 11 is 0. The molecular weight excluding hydrogens is 208 g/mol. The molecule has 0 amide bonds. The molecule has 0 spiro atoms. The highest BCUT2D eigenvalue weighted by atomic mass is 16.3. The van der Waals surface area contributed by atoms with Crippen molar-refractivity contribution in [2.75, 3.05) is 13.2 Å². The molecule has 0 atom stereocenters. The molecule has 0 aliphatic heterocycles. The molecule has 0 unspecified atom stereocenters. The Morgan fingerprint density at radius 1 is 1.50 bits per heavy atom. The van der Waals surface area contributed by atoms with Crippen LogP contribution in [0.2, 0.25) is 0 Å². The molecule has 0 saturated carbocycles. The van der Waals surface area contributed by atoms with Gasteiger partial charge in [-0.05, 0) is 5.41 Å². The van der Waals surface area contributed by atoms with Gasteiger partial charge in [0.1, 0.15) is 5.76 Å². The molecule has 0 aromatic carbocycles. The zero-order chi connectivity index (χ0) is 12.2. The molecule has 0 aromatic heterocycles. The maximum absolute atomic E-state index is 11.7. The number of Topliss-reactive ketones (excluding diaryl/α,β-unsaturated/α-hetero) is 1. The molecule has 1 rings (SSSR count).